The summed E-state index contributed by atoms with van der Waals surface area (Å²) < 4.78 is 1.89. The molecule has 2 heterocycles. The molecule has 5 heteroatoms. The van der Waals surface area contributed by atoms with Gasteiger partial charge in [0.05, 0.1) is 0 Å². The van der Waals surface area contributed by atoms with E-state index in [-0.39, 0.29) is 0 Å². The molecular formula is C13H19N5. The largest absolute Gasteiger partial charge is 0.364 e. The van der Waals surface area contributed by atoms with Gasteiger partial charge in [-0.25, -0.2) is 4.98 Å². The van der Waals surface area contributed by atoms with Gasteiger partial charge in [-0.15, -0.1) is 10.2 Å². The monoisotopic (exact) mass is 245 g/mol. The molecule has 1 fully saturated rings. The highest BCUT2D eigenvalue weighted by atomic mass is 15.2. The van der Waals surface area contributed by atoms with Gasteiger partial charge in [-0.3, -0.25) is 4.40 Å². The van der Waals surface area contributed by atoms with Crippen molar-refractivity contribution < 1.29 is 0 Å². The maximum Gasteiger partial charge on any atom is 0.203 e. The normalized spacial score (nSPS) is 18.9. The van der Waals surface area contributed by atoms with E-state index in [2.05, 4.69) is 27.4 Å². The average Bonchev–Trinajstić information content (AvgIpc) is 2.89. The molecule has 5 nitrogen and oxygen atoms in total. The quantitative estimate of drug-likeness (QED) is 0.902. The summed E-state index contributed by atoms with van der Waals surface area (Å²) in [5.74, 6) is 1.59. The van der Waals surface area contributed by atoms with Crippen molar-refractivity contribution in [1.82, 2.24) is 19.6 Å². The molecule has 0 aliphatic heterocycles. The van der Waals surface area contributed by atoms with Crippen LogP contribution in [-0.4, -0.2) is 25.6 Å². The van der Waals surface area contributed by atoms with Crippen LogP contribution in [0.2, 0.25) is 0 Å². The Bertz CT molecular complexity index is 515. The predicted molar refractivity (Wildman–Crippen MR) is 70.4 cm³/mol. The van der Waals surface area contributed by atoms with Crippen LogP contribution in [0.1, 0.15) is 39.0 Å². The number of rotatable bonds is 3. The fraction of sp³-hybridized carbons (Fsp3) is 0.615. The number of nitrogens with one attached hydrogen (secondary N) is 1. The molecule has 2 aromatic rings. The van der Waals surface area contributed by atoms with Gasteiger partial charge >= 0.3 is 0 Å². The van der Waals surface area contributed by atoms with Crippen molar-refractivity contribution in [3.05, 3.63) is 18.7 Å². The first-order valence-corrected chi connectivity index (χ1v) is 6.75. The van der Waals surface area contributed by atoms with Crippen molar-refractivity contribution in [2.75, 3.05) is 5.32 Å². The molecule has 0 spiro atoms. The van der Waals surface area contributed by atoms with Crippen molar-refractivity contribution in [3.8, 4) is 0 Å². The summed E-state index contributed by atoms with van der Waals surface area (Å²) in [6.07, 6.45) is 12.1. The van der Waals surface area contributed by atoms with Crippen molar-refractivity contribution in [2.45, 2.75) is 45.1 Å². The van der Waals surface area contributed by atoms with Crippen LogP contribution in [0.3, 0.4) is 0 Å². The summed E-state index contributed by atoms with van der Waals surface area (Å²) in [6.45, 7) is 2.25. The van der Waals surface area contributed by atoms with Crippen molar-refractivity contribution in [2.24, 2.45) is 5.92 Å². The van der Waals surface area contributed by atoms with Gasteiger partial charge in [-0.05, 0) is 25.7 Å². The molecule has 2 aromatic heterocycles. The lowest BCUT2D eigenvalue weighted by atomic mass is 9.84. The Morgan fingerprint density at radius 1 is 1.33 bits per heavy atom. The third-order valence-electron chi connectivity index (χ3n) is 3.94. The van der Waals surface area contributed by atoms with E-state index >= 15 is 0 Å². The molecular weight excluding hydrogens is 226 g/mol. The summed E-state index contributed by atoms with van der Waals surface area (Å²) in [7, 11) is 0. The molecule has 0 saturated heterocycles. The molecule has 1 unspecified atom stereocenters. The van der Waals surface area contributed by atoms with Crippen LogP contribution in [0.15, 0.2) is 18.7 Å². The minimum Gasteiger partial charge on any atom is -0.364 e. The fourth-order valence-corrected chi connectivity index (χ4v) is 2.83. The van der Waals surface area contributed by atoms with Crippen molar-refractivity contribution in [3.63, 3.8) is 0 Å². The second-order valence-corrected chi connectivity index (χ2v) is 5.17. The zero-order valence-corrected chi connectivity index (χ0v) is 10.7. The molecule has 1 aliphatic rings. The SMILES string of the molecule is CC(Nc1nccn2cnnc12)C1CCCCC1. The summed E-state index contributed by atoms with van der Waals surface area (Å²) in [5, 5.41) is 11.5. The first kappa shape index (κ1) is 11.4. The van der Waals surface area contributed by atoms with Gasteiger partial charge in [-0.1, -0.05) is 19.3 Å². The Kier molecular flexibility index (Phi) is 3.13. The van der Waals surface area contributed by atoms with Gasteiger partial charge < -0.3 is 5.32 Å². The summed E-state index contributed by atoms with van der Waals surface area (Å²) >= 11 is 0. The van der Waals surface area contributed by atoms with Crippen LogP contribution in [-0.2, 0) is 0 Å². The van der Waals surface area contributed by atoms with Crippen molar-refractivity contribution in [1.29, 1.82) is 0 Å². The van der Waals surface area contributed by atoms with E-state index in [4.69, 9.17) is 0 Å². The molecule has 0 radical (unpaired) electrons. The molecule has 96 valence electrons. The van der Waals surface area contributed by atoms with Gasteiger partial charge in [-0.2, -0.15) is 0 Å². The Morgan fingerprint density at radius 2 is 2.17 bits per heavy atom. The molecule has 3 rings (SSSR count). The molecule has 1 atom stereocenters. The number of anilines is 1. The number of fused-ring (bicyclic) bond motifs is 1. The van der Waals surface area contributed by atoms with Crippen molar-refractivity contribution >= 4 is 11.5 Å². The Balaban J connectivity index is 1.77. The summed E-state index contributed by atoms with van der Waals surface area (Å²) in [5.41, 5.74) is 0.806. The van der Waals surface area contributed by atoms with E-state index in [0.29, 0.717) is 6.04 Å². The summed E-state index contributed by atoms with van der Waals surface area (Å²) in [6, 6.07) is 0.445. The van der Waals surface area contributed by atoms with Crippen LogP contribution in [0.5, 0.6) is 0 Å². The number of hydrogen-bond acceptors (Lipinski definition) is 4. The second kappa shape index (κ2) is 4.92. The lowest BCUT2D eigenvalue weighted by Crippen LogP contribution is -2.28. The van der Waals surface area contributed by atoms with Gasteiger partial charge in [0.2, 0.25) is 5.65 Å². The van der Waals surface area contributed by atoms with E-state index < -0.39 is 0 Å². The van der Waals surface area contributed by atoms with Crippen LogP contribution < -0.4 is 5.32 Å². The van der Waals surface area contributed by atoms with E-state index in [1.54, 1.807) is 12.5 Å². The zero-order chi connectivity index (χ0) is 12.4. The van der Waals surface area contributed by atoms with Crippen LogP contribution >= 0.6 is 0 Å². The van der Waals surface area contributed by atoms with Crippen LogP contribution in [0, 0.1) is 5.92 Å². The third-order valence-corrected chi connectivity index (χ3v) is 3.94. The zero-order valence-electron chi connectivity index (χ0n) is 10.7. The topological polar surface area (TPSA) is 55.1 Å². The van der Waals surface area contributed by atoms with E-state index in [1.165, 1.54) is 32.1 Å². The Hall–Kier alpha value is -1.65. The number of nitrogens with zero attached hydrogens (tertiary/aromatic N) is 4. The van der Waals surface area contributed by atoms with E-state index in [1.807, 2.05) is 10.6 Å². The minimum absolute atomic E-state index is 0.445. The van der Waals surface area contributed by atoms with E-state index in [9.17, 15) is 0 Å². The lowest BCUT2D eigenvalue weighted by Gasteiger charge is -2.28. The third kappa shape index (κ3) is 2.17. The van der Waals surface area contributed by atoms with E-state index in [0.717, 1.165) is 17.4 Å². The number of hydrogen-bond donors (Lipinski definition) is 1. The molecule has 0 aromatic carbocycles. The average molecular weight is 245 g/mol. The lowest BCUT2D eigenvalue weighted by molar-refractivity contribution is 0.328. The van der Waals surface area contributed by atoms with Gasteiger partial charge in [0.15, 0.2) is 5.82 Å². The number of aromatic nitrogens is 4. The van der Waals surface area contributed by atoms with Gasteiger partial charge in [0, 0.05) is 18.4 Å². The smallest absolute Gasteiger partial charge is 0.203 e. The first-order chi connectivity index (χ1) is 8.84. The van der Waals surface area contributed by atoms with Crippen LogP contribution in [0.25, 0.3) is 5.65 Å². The standard InChI is InChI=1S/C13H19N5/c1-10(11-5-3-2-4-6-11)16-12-13-17-15-9-18(13)8-7-14-12/h7-11H,2-6H2,1H3,(H,14,16). The minimum atomic E-state index is 0.445. The maximum atomic E-state index is 4.38. The van der Waals surface area contributed by atoms with Gasteiger partial charge in [0.1, 0.15) is 6.33 Å². The molecule has 1 N–H and O–H groups in total. The molecule has 0 bridgehead atoms. The highest BCUT2D eigenvalue weighted by molar-refractivity contribution is 5.61. The molecule has 1 saturated carbocycles. The highest BCUT2D eigenvalue weighted by Gasteiger charge is 2.21. The molecule has 0 amide bonds. The van der Waals surface area contributed by atoms with Crippen LogP contribution in [0.4, 0.5) is 5.82 Å². The Labute approximate surface area is 107 Å². The molecule has 1 aliphatic carbocycles. The Morgan fingerprint density at radius 3 is 3.00 bits per heavy atom. The summed E-state index contributed by atoms with van der Waals surface area (Å²) in [4.78, 5) is 4.38. The molecule has 18 heavy (non-hydrogen) atoms. The second-order valence-electron chi connectivity index (χ2n) is 5.17. The maximum absolute atomic E-state index is 4.38. The predicted octanol–water partition coefficient (Wildman–Crippen LogP) is 2.51. The van der Waals surface area contributed by atoms with Gasteiger partial charge in [0.25, 0.3) is 0 Å². The first-order valence-electron chi connectivity index (χ1n) is 6.75. The fourth-order valence-electron chi connectivity index (χ4n) is 2.83. The highest BCUT2D eigenvalue weighted by Crippen LogP contribution is 2.28.